The van der Waals surface area contributed by atoms with Gasteiger partial charge in [-0.3, -0.25) is 4.79 Å². The van der Waals surface area contributed by atoms with Gasteiger partial charge < -0.3 is 14.8 Å². The SMILES string of the molecule is O=C(COc1ccccc1F)NCCOCC(F)(F)F. The van der Waals surface area contributed by atoms with Gasteiger partial charge in [0.15, 0.2) is 18.2 Å². The second kappa shape index (κ2) is 7.68. The minimum atomic E-state index is -4.39. The van der Waals surface area contributed by atoms with Crippen LogP contribution in [-0.4, -0.2) is 38.4 Å². The third kappa shape index (κ3) is 6.93. The van der Waals surface area contributed by atoms with Gasteiger partial charge in [0.25, 0.3) is 5.91 Å². The van der Waals surface area contributed by atoms with E-state index in [-0.39, 0.29) is 18.9 Å². The van der Waals surface area contributed by atoms with E-state index in [1.807, 2.05) is 0 Å². The Labute approximate surface area is 112 Å². The van der Waals surface area contributed by atoms with Crippen LogP contribution in [0.1, 0.15) is 0 Å². The monoisotopic (exact) mass is 295 g/mol. The standard InChI is InChI=1S/C12H13F4NO3/c13-9-3-1-2-4-10(9)20-7-11(18)17-5-6-19-8-12(14,15)16/h1-4H,5-8H2,(H,17,18). The molecule has 20 heavy (non-hydrogen) atoms. The summed E-state index contributed by atoms with van der Waals surface area (Å²) >= 11 is 0. The number of rotatable bonds is 7. The van der Waals surface area contributed by atoms with E-state index in [0.29, 0.717) is 0 Å². The highest BCUT2D eigenvalue weighted by Gasteiger charge is 2.27. The lowest BCUT2D eigenvalue weighted by Crippen LogP contribution is -2.32. The second-order valence-corrected chi connectivity index (χ2v) is 3.74. The molecule has 1 N–H and O–H groups in total. The van der Waals surface area contributed by atoms with Gasteiger partial charge in [0.1, 0.15) is 6.61 Å². The Kier molecular flexibility index (Phi) is 6.23. The van der Waals surface area contributed by atoms with E-state index in [9.17, 15) is 22.4 Å². The van der Waals surface area contributed by atoms with Gasteiger partial charge >= 0.3 is 6.18 Å². The molecular formula is C12H13F4NO3. The van der Waals surface area contributed by atoms with Gasteiger partial charge in [0.05, 0.1) is 6.61 Å². The fraction of sp³-hybridized carbons (Fsp3) is 0.417. The number of nitrogens with one attached hydrogen (secondary N) is 1. The van der Waals surface area contributed by atoms with Crippen molar-refractivity contribution in [1.29, 1.82) is 0 Å². The quantitative estimate of drug-likeness (QED) is 0.617. The highest BCUT2D eigenvalue weighted by molar-refractivity contribution is 5.77. The van der Waals surface area contributed by atoms with Crippen molar-refractivity contribution >= 4 is 5.91 Å². The average molecular weight is 295 g/mol. The van der Waals surface area contributed by atoms with E-state index < -0.39 is 31.1 Å². The lowest BCUT2D eigenvalue weighted by molar-refractivity contribution is -0.173. The van der Waals surface area contributed by atoms with Crippen molar-refractivity contribution in [2.75, 3.05) is 26.4 Å². The van der Waals surface area contributed by atoms with Gasteiger partial charge in [-0.15, -0.1) is 0 Å². The number of hydrogen-bond acceptors (Lipinski definition) is 3. The smallest absolute Gasteiger partial charge is 0.411 e. The summed E-state index contributed by atoms with van der Waals surface area (Å²) in [6.45, 7) is -2.16. The summed E-state index contributed by atoms with van der Waals surface area (Å²) in [7, 11) is 0. The number of amides is 1. The second-order valence-electron chi connectivity index (χ2n) is 3.74. The summed E-state index contributed by atoms with van der Waals surface area (Å²) in [5.74, 6) is -1.26. The third-order valence-corrected chi connectivity index (χ3v) is 2.03. The van der Waals surface area contributed by atoms with Gasteiger partial charge in [-0.2, -0.15) is 13.2 Å². The molecule has 0 atom stereocenters. The molecule has 0 aliphatic carbocycles. The molecule has 0 fully saturated rings. The molecule has 0 heterocycles. The molecule has 112 valence electrons. The Morgan fingerprint density at radius 1 is 1.25 bits per heavy atom. The van der Waals surface area contributed by atoms with E-state index in [1.54, 1.807) is 6.07 Å². The fourth-order valence-electron chi connectivity index (χ4n) is 1.21. The van der Waals surface area contributed by atoms with Crippen LogP contribution < -0.4 is 10.1 Å². The van der Waals surface area contributed by atoms with Crippen LogP contribution in [0.3, 0.4) is 0 Å². The predicted molar refractivity (Wildman–Crippen MR) is 61.8 cm³/mol. The number of para-hydroxylation sites is 1. The Morgan fingerprint density at radius 2 is 1.95 bits per heavy atom. The van der Waals surface area contributed by atoms with Crippen LogP contribution in [0, 0.1) is 5.82 Å². The number of ether oxygens (including phenoxy) is 2. The molecule has 0 spiro atoms. The van der Waals surface area contributed by atoms with Crippen LogP contribution in [0.4, 0.5) is 17.6 Å². The van der Waals surface area contributed by atoms with Crippen molar-refractivity contribution in [3.8, 4) is 5.75 Å². The molecule has 0 radical (unpaired) electrons. The normalized spacial score (nSPS) is 11.2. The predicted octanol–water partition coefficient (Wildman–Crippen LogP) is 1.90. The van der Waals surface area contributed by atoms with Gasteiger partial charge in [0, 0.05) is 6.54 Å². The van der Waals surface area contributed by atoms with Gasteiger partial charge in [0.2, 0.25) is 0 Å². The van der Waals surface area contributed by atoms with Crippen LogP contribution in [-0.2, 0) is 9.53 Å². The molecule has 0 bridgehead atoms. The number of alkyl halides is 3. The summed E-state index contributed by atoms with van der Waals surface area (Å²) < 4.78 is 57.5. The number of halogens is 4. The Hall–Kier alpha value is -1.83. The Balaban J connectivity index is 2.14. The molecule has 1 amide bonds. The molecule has 0 unspecified atom stereocenters. The van der Waals surface area contributed by atoms with Crippen molar-refractivity contribution in [3.63, 3.8) is 0 Å². The van der Waals surface area contributed by atoms with Crippen LogP contribution in [0.2, 0.25) is 0 Å². The third-order valence-electron chi connectivity index (χ3n) is 2.03. The van der Waals surface area contributed by atoms with Crippen LogP contribution in [0.5, 0.6) is 5.75 Å². The van der Waals surface area contributed by atoms with Crippen molar-refractivity contribution in [2.24, 2.45) is 0 Å². The van der Waals surface area contributed by atoms with E-state index in [4.69, 9.17) is 4.74 Å². The highest BCUT2D eigenvalue weighted by Crippen LogP contribution is 2.15. The largest absolute Gasteiger partial charge is 0.481 e. The topological polar surface area (TPSA) is 47.6 Å². The molecule has 0 saturated heterocycles. The van der Waals surface area contributed by atoms with E-state index in [0.717, 1.165) is 0 Å². The number of carbonyl (C=O) groups is 1. The fourth-order valence-corrected chi connectivity index (χ4v) is 1.21. The Bertz CT molecular complexity index is 437. The molecule has 0 aliphatic rings. The zero-order chi connectivity index (χ0) is 15.0. The maximum absolute atomic E-state index is 13.1. The van der Waals surface area contributed by atoms with Gasteiger partial charge in [-0.25, -0.2) is 4.39 Å². The summed E-state index contributed by atoms with van der Waals surface area (Å²) in [5, 5.41) is 2.28. The van der Waals surface area contributed by atoms with Crippen molar-refractivity contribution in [2.45, 2.75) is 6.18 Å². The number of carbonyl (C=O) groups excluding carboxylic acids is 1. The van der Waals surface area contributed by atoms with Crippen LogP contribution in [0.25, 0.3) is 0 Å². The molecule has 0 aromatic heterocycles. The first-order valence-corrected chi connectivity index (χ1v) is 5.67. The first-order chi connectivity index (χ1) is 9.38. The summed E-state index contributed by atoms with van der Waals surface area (Å²) in [4.78, 5) is 11.3. The Morgan fingerprint density at radius 3 is 2.60 bits per heavy atom. The van der Waals surface area contributed by atoms with Crippen molar-refractivity contribution in [1.82, 2.24) is 5.32 Å². The minimum absolute atomic E-state index is 0.0732. The molecule has 4 nitrogen and oxygen atoms in total. The lowest BCUT2D eigenvalue weighted by Gasteiger charge is -2.09. The van der Waals surface area contributed by atoms with Gasteiger partial charge in [-0.05, 0) is 12.1 Å². The molecule has 1 rings (SSSR count). The first-order valence-electron chi connectivity index (χ1n) is 5.67. The van der Waals surface area contributed by atoms with Crippen molar-refractivity contribution < 1.29 is 31.8 Å². The maximum Gasteiger partial charge on any atom is 0.411 e. The minimum Gasteiger partial charge on any atom is -0.481 e. The van der Waals surface area contributed by atoms with E-state index >= 15 is 0 Å². The van der Waals surface area contributed by atoms with Crippen molar-refractivity contribution in [3.05, 3.63) is 30.1 Å². The van der Waals surface area contributed by atoms with Crippen LogP contribution >= 0.6 is 0 Å². The maximum atomic E-state index is 13.1. The molecule has 8 heteroatoms. The zero-order valence-corrected chi connectivity index (χ0v) is 10.4. The number of hydrogen-bond donors (Lipinski definition) is 1. The molecule has 1 aromatic rings. The van der Waals surface area contributed by atoms with E-state index in [1.165, 1.54) is 18.2 Å². The summed E-state index contributed by atoms with van der Waals surface area (Å²) in [5.41, 5.74) is 0. The average Bonchev–Trinajstić information content (AvgIpc) is 2.36. The summed E-state index contributed by atoms with van der Waals surface area (Å²) in [6, 6.07) is 5.55. The molecular weight excluding hydrogens is 282 g/mol. The zero-order valence-electron chi connectivity index (χ0n) is 10.4. The summed E-state index contributed by atoms with van der Waals surface area (Å²) in [6.07, 6.45) is -4.39. The highest BCUT2D eigenvalue weighted by atomic mass is 19.4. The molecule has 1 aromatic carbocycles. The van der Waals surface area contributed by atoms with Crippen LogP contribution in [0.15, 0.2) is 24.3 Å². The lowest BCUT2D eigenvalue weighted by atomic mass is 10.3. The molecule has 0 saturated carbocycles. The van der Waals surface area contributed by atoms with E-state index in [2.05, 4.69) is 10.1 Å². The van der Waals surface area contributed by atoms with Gasteiger partial charge in [-0.1, -0.05) is 12.1 Å². The first kappa shape index (κ1) is 16.2. The molecule has 0 aliphatic heterocycles. The number of benzene rings is 1.